The second kappa shape index (κ2) is 5.41. The Hall–Kier alpha value is -1.33. The molecule has 1 aromatic carbocycles. The van der Waals surface area contributed by atoms with Crippen LogP contribution in [0, 0.1) is 12.3 Å². The zero-order valence-corrected chi connectivity index (χ0v) is 8.72. The van der Waals surface area contributed by atoms with E-state index in [9.17, 15) is 4.21 Å². The summed E-state index contributed by atoms with van der Waals surface area (Å²) in [6.07, 6.45) is 6.99. The minimum atomic E-state index is -0.897. The Morgan fingerprint density at radius 3 is 2.86 bits per heavy atom. The van der Waals surface area contributed by atoms with E-state index in [0.29, 0.717) is 11.5 Å². The molecule has 0 saturated carbocycles. The van der Waals surface area contributed by atoms with Gasteiger partial charge < -0.3 is 0 Å². The van der Waals surface area contributed by atoms with Gasteiger partial charge in [-0.3, -0.25) is 4.21 Å². The molecule has 0 saturated heterocycles. The molecule has 14 heavy (non-hydrogen) atoms. The fourth-order valence-electron chi connectivity index (χ4n) is 1.15. The molecule has 0 aliphatic carbocycles. The predicted molar refractivity (Wildman–Crippen MR) is 61.3 cm³/mol. The van der Waals surface area contributed by atoms with Crippen LogP contribution in [0.4, 0.5) is 0 Å². The van der Waals surface area contributed by atoms with Crippen molar-refractivity contribution in [1.29, 1.82) is 0 Å². The molecule has 2 heteroatoms. The molecule has 0 fully saturated rings. The largest absolute Gasteiger partial charge is 0.259 e. The Kier molecular flexibility index (Phi) is 4.15. The average molecular weight is 204 g/mol. The van der Waals surface area contributed by atoms with E-state index >= 15 is 0 Å². The average Bonchev–Trinajstić information content (AvgIpc) is 2.19. The molecule has 1 rings (SSSR count). The molecular formula is C12H12OS. The molecule has 1 aromatic rings. The van der Waals surface area contributed by atoms with E-state index in [1.165, 1.54) is 0 Å². The first-order chi connectivity index (χ1) is 6.77. The third-order valence-electron chi connectivity index (χ3n) is 1.79. The summed E-state index contributed by atoms with van der Waals surface area (Å²) in [5.41, 5.74) is 1.79. The van der Waals surface area contributed by atoms with Gasteiger partial charge in [0, 0.05) is 22.1 Å². The van der Waals surface area contributed by atoms with Crippen molar-refractivity contribution in [3.05, 3.63) is 48.0 Å². The molecule has 0 spiro atoms. The molecule has 0 amide bonds. The van der Waals surface area contributed by atoms with Crippen LogP contribution in [-0.2, 0) is 16.6 Å². The summed E-state index contributed by atoms with van der Waals surface area (Å²) >= 11 is 0. The van der Waals surface area contributed by atoms with Crippen LogP contribution >= 0.6 is 0 Å². The van der Waals surface area contributed by atoms with E-state index in [4.69, 9.17) is 6.42 Å². The highest BCUT2D eigenvalue weighted by Crippen LogP contribution is 2.09. The zero-order chi connectivity index (χ0) is 10.4. The molecule has 0 aliphatic heterocycles. The summed E-state index contributed by atoms with van der Waals surface area (Å²) in [5, 5.41) is 0. The first-order valence-corrected chi connectivity index (χ1v) is 5.77. The van der Waals surface area contributed by atoms with Gasteiger partial charge in [0.05, 0.1) is 5.75 Å². The van der Waals surface area contributed by atoms with Crippen molar-refractivity contribution in [3.8, 4) is 12.3 Å². The quantitative estimate of drug-likeness (QED) is 0.542. The number of terminal acetylenes is 1. The van der Waals surface area contributed by atoms with E-state index in [-0.39, 0.29) is 0 Å². The van der Waals surface area contributed by atoms with Gasteiger partial charge in [-0.05, 0) is 11.6 Å². The van der Waals surface area contributed by atoms with Crippen molar-refractivity contribution in [2.24, 2.45) is 0 Å². The van der Waals surface area contributed by atoms with Crippen molar-refractivity contribution in [2.45, 2.75) is 5.75 Å². The van der Waals surface area contributed by atoms with Gasteiger partial charge >= 0.3 is 0 Å². The second-order valence-corrected chi connectivity index (χ2v) is 4.34. The van der Waals surface area contributed by atoms with Crippen LogP contribution in [0.1, 0.15) is 11.1 Å². The molecule has 0 N–H and O–H groups in total. The van der Waals surface area contributed by atoms with Crippen LogP contribution in [0.3, 0.4) is 0 Å². The Labute approximate surface area is 87.3 Å². The lowest BCUT2D eigenvalue weighted by Gasteiger charge is -2.02. The van der Waals surface area contributed by atoms with Gasteiger partial charge in [-0.25, -0.2) is 0 Å². The fraction of sp³-hybridized carbons (Fsp3) is 0.167. The molecule has 1 atom stereocenters. The molecule has 1 unspecified atom stereocenters. The molecule has 0 aliphatic rings. The van der Waals surface area contributed by atoms with Gasteiger partial charge in [-0.1, -0.05) is 30.2 Å². The number of rotatable bonds is 4. The van der Waals surface area contributed by atoms with Crippen molar-refractivity contribution in [3.63, 3.8) is 0 Å². The third-order valence-corrected chi connectivity index (χ3v) is 3.03. The molecule has 0 aromatic heterocycles. The third kappa shape index (κ3) is 2.86. The van der Waals surface area contributed by atoms with E-state index in [1.54, 1.807) is 6.08 Å². The summed E-state index contributed by atoms with van der Waals surface area (Å²) < 4.78 is 11.5. The summed E-state index contributed by atoms with van der Waals surface area (Å²) in [5.74, 6) is 3.60. The van der Waals surface area contributed by atoms with E-state index in [2.05, 4.69) is 12.5 Å². The van der Waals surface area contributed by atoms with Crippen LogP contribution < -0.4 is 0 Å². The van der Waals surface area contributed by atoms with Gasteiger partial charge in [-0.2, -0.15) is 0 Å². The molecule has 0 bridgehead atoms. The van der Waals surface area contributed by atoms with E-state index < -0.39 is 10.8 Å². The molecule has 0 radical (unpaired) electrons. The number of hydrogen-bond donors (Lipinski definition) is 0. The topological polar surface area (TPSA) is 17.1 Å². The maximum Gasteiger partial charge on any atom is 0.0501 e. The molecule has 72 valence electrons. The van der Waals surface area contributed by atoms with Crippen molar-refractivity contribution < 1.29 is 4.21 Å². The Balaban J connectivity index is 2.81. The van der Waals surface area contributed by atoms with Crippen LogP contribution in [0.5, 0.6) is 0 Å². The Morgan fingerprint density at radius 1 is 1.50 bits per heavy atom. The van der Waals surface area contributed by atoms with Gasteiger partial charge in [0.25, 0.3) is 0 Å². The maximum atomic E-state index is 11.5. The van der Waals surface area contributed by atoms with Gasteiger partial charge in [0.1, 0.15) is 0 Å². The van der Waals surface area contributed by atoms with Crippen molar-refractivity contribution in [1.82, 2.24) is 0 Å². The van der Waals surface area contributed by atoms with E-state index in [0.717, 1.165) is 11.1 Å². The molecule has 0 heterocycles. The first kappa shape index (κ1) is 10.7. The summed E-state index contributed by atoms with van der Waals surface area (Å²) in [6.45, 7) is 3.55. The molecule has 1 nitrogen and oxygen atoms in total. The summed E-state index contributed by atoms with van der Waals surface area (Å²) in [4.78, 5) is 0. The minimum Gasteiger partial charge on any atom is -0.259 e. The normalized spacial score (nSPS) is 11.6. The Bertz CT molecular complexity index is 388. The Morgan fingerprint density at radius 2 is 2.21 bits per heavy atom. The first-order valence-electron chi connectivity index (χ1n) is 4.28. The van der Waals surface area contributed by atoms with Crippen LogP contribution in [0.2, 0.25) is 0 Å². The fourth-order valence-corrected chi connectivity index (χ4v) is 2.13. The highest BCUT2D eigenvalue weighted by Gasteiger charge is 2.02. The van der Waals surface area contributed by atoms with Gasteiger partial charge in [-0.15, -0.1) is 13.0 Å². The highest BCUT2D eigenvalue weighted by molar-refractivity contribution is 7.84. The SMILES string of the molecule is C#Cc1ccccc1CS(=O)CC=C. The van der Waals surface area contributed by atoms with Gasteiger partial charge in [0.2, 0.25) is 0 Å². The second-order valence-electron chi connectivity index (χ2n) is 2.84. The highest BCUT2D eigenvalue weighted by atomic mass is 32.2. The number of hydrogen-bond acceptors (Lipinski definition) is 1. The summed E-state index contributed by atoms with van der Waals surface area (Å²) in [7, 11) is -0.897. The zero-order valence-electron chi connectivity index (χ0n) is 7.90. The lowest BCUT2D eigenvalue weighted by atomic mass is 10.1. The predicted octanol–water partition coefficient (Wildman–Crippen LogP) is 2.10. The maximum absolute atomic E-state index is 11.5. The standard InChI is InChI=1S/C12H12OS/c1-3-9-14(13)10-12-8-6-5-7-11(12)4-2/h2-3,5-8H,1,9-10H2. The van der Waals surface area contributed by atoms with E-state index in [1.807, 2.05) is 24.3 Å². The smallest absolute Gasteiger partial charge is 0.0501 e. The van der Waals surface area contributed by atoms with Crippen LogP contribution in [0.15, 0.2) is 36.9 Å². The van der Waals surface area contributed by atoms with Crippen LogP contribution in [0.25, 0.3) is 0 Å². The monoisotopic (exact) mass is 204 g/mol. The van der Waals surface area contributed by atoms with Gasteiger partial charge in [0.15, 0.2) is 0 Å². The molecular weight excluding hydrogens is 192 g/mol. The minimum absolute atomic E-state index is 0.506. The van der Waals surface area contributed by atoms with Crippen molar-refractivity contribution in [2.75, 3.05) is 5.75 Å². The number of benzene rings is 1. The van der Waals surface area contributed by atoms with Crippen LogP contribution in [-0.4, -0.2) is 9.96 Å². The summed E-state index contributed by atoms with van der Waals surface area (Å²) in [6, 6.07) is 7.56. The van der Waals surface area contributed by atoms with Crippen molar-refractivity contribution >= 4 is 10.8 Å². The lowest BCUT2D eigenvalue weighted by Crippen LogP contribution is -2.00. The lowest BCUT2D eigenvalue weighted by molar-refractivity contribution is 0.684.